The lowest BCUT2D eigenvalue weighted by molar-refractivity contribution is 0.458. The minimum Gasteiger partial charge on any atom is -0.439 e. The third-order valence-electron chi connectivity index (χ3n) is 2.85. The standard InChI is InChI=1S/C16H13FN4O/c17-13-2-1-3-14(8-13)22-16-5-4-12(10-21-16)9-20-15-11-18-6-7-19-15/h1-8,10-11H,9H2,(H,19,20). The monoisotopic (exact) mass is 296 g/mol. The van der Waals surface area contributed by atoms with Crippen LogP contribution in [0.4, 0.5) is 10.2 Å². The normalized spacial score (nSPS) is 10.2. The van der Waals surface area contributed by atoms with E-state index in [4.69, 9.17) is 4.74 Å². The molecule has 0 aliphatic carbocycles. The maximum atomic E-state index is 13.1. The molecule has 2 heterocycles. The molecule has 0 saturated heterocycles. The Bertz CT molecular complexity index is 735. The smallest absolute Gasteiger partial charge is 0.219 e. The molecule has 0 amide bonds. The van der Waals surface area contributed by atoms with Crippen LogP contribution in [-0.2, 0) is 6.54 Å². The second-order valence-electron chi connectivity index (χ2n) is 4.51. The summed E-state index contributed by atoms with van der Waals surface area (Å²) in [5.41, 5.74) is 0.970. The van der Waals surface area contributed by atoms with E-state index < -0.39 is 0 Å². The summed E-state index contributed by atoms with van der Waals surface area (Å²) in [5, 5.41) is 3.13. The number of nitrogens with zero attached hydrogens (tertiary/aromatic N) is 3. The van der Waals surface area contributed by atoms with Gasteiger partial charge in [-0.25, -0.2) is 14.4 Å². The van der Waals surface area contributed by atoms with E-state index in [1.54, 1.807) is 43.0 Å². The van der Waals surface area contributed by atoms with Crippen molar-refractivity contribution >= 4 is 5.82 Å². The molecule has 6 heteroatoms. The Morgan fingerprint density at radius 3 is 2.73 bits per heavy atom. The molecule has 0 radical (unpaired) electrons. The van der Waals surface area contributed by atoms with Gasteiger partial charge in [0.15, 0.2) is 0 Å². The van der Waals surface area contributed by atoms with Gasteiger partial charge >= 0.3 is 0 Å². The number of hydrogen-bond donors (Lipinski definition) is 1. The van der Waals surface area contributed by atoms with Gasteiger partial charge in [0.1, 0.15) is 17.4 Å². The van der Waals surface area contributed by atoms with Crippen molar-refractivity contribution in [1.29, 1.82) is 0 Å². The Kier molecular flexibility index (Phi) is 4.20. The topological polar surface area (TPSA) is 59.9 Å². The maximum Gasteiger partial charge on any atom is 0.219 e. The summed E-state index contributed by atoms with van der Waals surface area (Å²) in [4.78, 5) is 12.3. The van der Waals surface area contributed by atoms with Gasteiger partial charge in [-0.15, -0.1) is 0 Å². The molecule has 22 heavy (non-hydrogen) atoms. The molecule has 3 rings (SSSR count). The highest BCUT2D eigenvalue weighted by atomic mass is 19.1. The summed E-state index contributed by atoms with van der Waals surface area (Å²) in [5.74, 6) is 1.18. The second-order valence-corrected chi connectivity index (χ2v) is 4.51. The highest BCUT2D eigenvalue weighted by molar-refractivity contribution is 5.33. The van der Waals surface area contributed by atoms with E-state index in [-0.39, 0.29) is 5.82 Å². The lowest BCUT2D eigenvalue weighted by atomic mass is 10.3. The predicted molar refractivity (Wildman–Crippen MR) is 80.1 cm³/mol. The van der Waals surface area contributed by atoms with Crippen LogP contribution in [0.25, 0.3) is 0 Å². The molecule has 3 aromatic rings. The van der Waals surface area contributed by atoms with E-state index in [0.717, 1.165) is 5.56 Å². The van der Waals surface area contributed by atoms with Gasteiger partial charge in [-0.3, -0.25) is 4.98 Å². The van der Waals surface area contributed by atoms with Crippen molar-refractivity contribution in [1.82, 2.24) is 15.0 Å². The van der Waals surface area contributed by atoms with Gasteiger partial charge in [0.25, 0.3) is 0 Å². The van der Waals surface area contributed by atoms with Gasteiger partial charge in [0.2, 0.25) is 5.88 Å². The molecule has 2 aromatic heterocycles. The Balaban J connectivity index is 1.60. The van der Waals surface area contributed by atoms with Crippen molar-refractivity contribution in [3.63, 3.8) is 0 Å². The zero-order valence-electron chi connectivity index (χ0n) is 11.6. The molecular formula is C16H13FN4O. The number of benzene rings is 1. The van der Waals surface area contributed by atoms with Gasteiger partial charge in [-0.2, -0.15) is 0 Å². The van der Waals surface area contributed by atoms with E-state index in [9.17, 15) is 4.39 Å². The first-order valence-corrected chi connectivity index (χ1v) is 6.68. The van der Waals surface area contributed by atoms with Crippen LogP contribution < -0.4 is 10.1 Å². The van der Waals surface area contributed by atoms with Crippen LogP contribution in [0, 0.1) is 5.82 Å². The number of halogens is 1. The van der Waals surface area contributed by atoms with E-state index >= 15 is 0 Å². The molecule has 0 spiro atoms. The highest BCUT2D eigenvalue weighted by Crippen LogP contribution is 2.20. The number of anilines is 1. The molecular weight excluding hydrogens is 283 g/mol. The van der Waals surface area contributed by atoms with Crippen molar-refractivity contribution < 1.29 is 9.13 Å². The molecule has 0 aliphatic heterocycles. The largest absolute Gasteiger partial charge is 0.439 e. The first-order chi connectivity index (χ1) is 10.8. The number of ether oxygens (including phenoxy) is 1. The van der Waals surface area contributed by atoms with Crippen LogP contribution in [0.5, 0.6) is 11.6 Å². The fourth-order valence-electron chi connectivity index (χ4n) is 1.81. The second kappa shape index (κ2) is 6.62. The van der Waals surface area contributed by atoms with E-state index in [0.29, 0.717) is 24.0 Å². The molecule has 0 bridgehead atoms. The highest BCUT2D eigenvalue weighted by Gasteiger charge is 2.01. The van der Waals surface area contributed by atoms with Crippen molar-refractivity contribution in [2.75, 3.05) is 5.32 Å². The predicted octanol–water partition coefficient (Wildman–Crippen LogP) is 3.42. The molecule has 0 atom stereocenters. The quantitative estimate of drug-likeness (QED) is 0.781. The molecule has 110 valence electrons. The van der Waals surface area contributed by atoms with Crippen LogP contribution >= 0.6 is 0 Å². The summed E-state index contributed by atoms with van der Waals surface area (Å²) >= 11 is 0. The van der Waals surface area contributed by atoms with Crippen LogP contribution in [0.15, 0.2) is 61.2 Å². The number of rotatable bonds is 5. The van der Waals surface area contributed by atoms with Crippen molar-refractivity contribution in [3.8, 4) is 11.6 Å². The van der Waals surface area contributed by atoms with Crippen LogP contribution in [-0.4, -0.2) is 15.0 Å². The first kappa shape index (κ1) is 13.9. The molecule has 1 N–H and O–H groups in total. The Labute approximate surface area is 126 Å². The molecule has 1 aromatic carbocycles. The average Bonchev–Trinajstić information content (AvgIpc) is 2.55. The van der Waals surface area contributed by atoms with Crippen LogP contribution in [0.1, 0.15) is 5.56 Å². The summed E-state index contributed by atoms with van der Waals surface area (Å²) in [6.07, 6.45) is 6.58. The Morgan fingerprint density at radius 2 is 2.00 bits per heavy atom. The van der Waals surface area contributed by atoms with Gasteiger partial charge in [0, 0.05) is 37.3 Å². The summed E-state index contributed by atoms with van der Waals surface area (Å²) < 4.78 is 18.6. The molecule has 0 fully saturated rings. The molecule has 0 saturated carbocycles. The van der Waals surface area contributed by atoms with E-state index in [2.05, 4.69) is 20.3 Å². The SMILES string of the molecule is Fc1cccc(Oc2ccc(CNc3cnccn3)cn2)c1. The van der Waals surface area contributed by atoms with Gasteiger partial charge in [-0.1, -0.05) is 12.1 Å². The maximum absolute atomic E-state index is 13.1. The Hall–Kier alpha value is -3.02. The molecule has 0 unspecified atom stereocenters. The summed E-state index contributed by atoms with van der Waals surface area (Å²) in [7, 11) is 0. The van der Waals surface area contributed by atoms with Gasteiger partial charge < -0.3 is 10.1 Å². The van der Waals surface area contributed by atoms with Crippen molar-refractivity contribution in [3.05, 3.63) is 72.6 Å². The molecule has 0 aliphatic rings. The number of hydrogen-bond acceptors (Lipinski definition) is 5. The van der Waals surface area contributed by atoms with Crippen molar-refractivity contribution in [2.45, 2.75) is 6.54 Å². The average molecular weight is 296 g/mol. The van der Waals surface area contributed by atoms with Crippen molar-refractivity contribution in [2.24, 2.45) is 0 Å². The Morgan fingerprint density at radius 1 is 1.05 bits per heavy atom. The van der Waals surface area contributed by atoms with Crippen LogP contribution in [0.3, 0.4) is 0 Å². The number of aromatic nitrogens is 3. The zero-order chi connectivity index (χ0) is 15.2. The number of pyridine rings is 1. The third-order valence-corrected chi connectivity index (χ3v) is 2.85. The zero-order valence-corrected chi connectivity index (χ0v) is 11.6. The minimum absolute atomic E-state index is 0.345. The third kappa shape index (κ3) is 3.76. The lowest BCUT2D eigenvalue weighted by Crippen LogP contribution is -2.02. The van der Waals surface area contributed by atoms with Gasteiger partial charge in [-0.05, 0) is 17.7 Å². The minimum atomic E-state index is -0.345. The fraction of sp³-hybridized carbons (Fsp3) is 0.0625. The number of nitrogens with one attached hydrogen (secondary N) is 1. The first-order valence-electron chi connectivity index (χ1n) is 6.68. The van der Waals surface area contributed by atoms with E-state index in [1.807, 2.05) is 6.07 Å². The lowest BCUT2D eigenvalue weighted by Gasteiger charge is -2.07. The summed E-state index contributed by atoms with van der Waals surface area (Å²) in [6, 6.07) is 9.55. The van der Waals surface area contributed by atoms with Crippen LogP contribution in [0.2, 0.25) is 0 Å². The fourth-order valence-corrected chi connectivity index (χ4v) is 1.81. The summed E-state index contributed by atoms with van der Waals surface area (Å²) in [6.45, 7) is 0.575. The van der Waals surface area contributed by atoms with Gasteiger partial charge in [0.05, 0.1) is 6.20 Å². The van der Waals surface area contributed by atoms with E-state index in [1.165, 1.54) is 12.1 Å². The molecule has 5 nitrogen and oxygen atoms in total.